The molecular weight excluding hydrogens is 148 g/mol. The van der Waals surface area contributed by atoms with Crippen molar-refractivity contribution in [2.24, 2.45) is 16.7 Å². The predicted octanol–water partition coefficient (Wildman–Crippen LogP) is 3.05. The van der Waals surface area contributed by atoms with Gasteiger partial charge >= 0.3 is 6.04 Å². The Hall–Kier alpha value is -0.580. The maximum Gasteiger partial charge on any atom is 0.324 e. The van der Waals surface area contributed by atoms with Crippen molar-refractivity contribution in [3.63, 3.8) is 0 Å². The summed E-state index contributed by atoms with van der Waals surface area (Å²) in [6, 6.07) is 0.170. The van der Waals surface area contributed by atoms with Crippen LogP contribution in [0.2, 0.25) is 0 Å². The molecule has 0 aromatic rings. The summed E-state index contributed by atoms with van der Waals surface area (Å²) >= 11 is 0. The Morgan fingerprint density at radius 3 is 2.33 bits per heavy atom. The van der Waals surface area contributed by atoms with Gasteiger partial charge in [0, 0.05) is 0 Å². The summed E-state index contributed by atoms with van der Waals surface area (Å²) in [4.78, 5) is 3.59. The number of hydrogen-bond donors (Lipinski definition) is 0. The Morgan fingerprint density at radius 2 is 2.00 bits per heavy atom. The van der Waals surface area contributed by atoms with Gasteiger partial charge in [-0.2, -0.15) is 0 Å². The largest absolute Gasteiger partial charge is 0.324 e. The van der Waals surface area contributed by atoms with Crippen molar-refractivity contribution in [1.29, 1.82) is 5.39 Å². The molecule has 2 aliphatic carbocycles. The van der Waals surface area contributed by atoms with Crippen LogP contribution < -0.4 is 0 Å². The molecule has 0 amide bonds. The maximum absolute atomic E-state index is 9.01. The number of diazo groups is 1. The van der Waals surface area contributed by atoms with Crippen LogP contribution in [0.25, 0.3) is 4.98 Å². The molecule has 0 aromatic heterocycles. The fourth-order valence-electron chi connectivity index (χ4n) is 3.56. The lowest BCUT2D eigenvalue weighted by Crippen LogP contribution is -2.37. The molecule has 2 heteroatoms. The lowest BCUT2D eigenvalue weighted by Gasteiger charge is -2.30. The van der Waals surface area contributed by atoms with E-state index in [4.69, 9.17) is 5.39 Å². The lowest BCUT2D eigenvalue weighted by atomic mass is 9.69. The summed E-state index contributed by atoms with van der Waals surface area (Å²) in [7, 11) is 0. The minimum atomic E-state index is 0.170. The molecule has 0 spiro atoms. The fourth-order valence-corrected chi connectivity index (χ4v) is 3.56. The van der Waals surface area contributed by atoms with E-state index in [1.54, 1.807) is 0 Å². The zero-order chi connectivity index (χ0) is 8.98. The molecule has 66 valence electrons. The van der Waals surface area contributed by atoms with E-state index in [1.165, 1.54) is 19.3 Å². The molecule has 0 heterocycles. The van der Waals surface area contributed by atoms with Gasteiger partial charge in [0.15, 0.2) is 0 Å². The summed E-state index contributed by atoms with van der Waals surface area (Å²) in [6.07, 6.45) is 3.83. The van der Waals surface area contributed by atoms with E-state index < -0.39 is 0 Å². The van der Waals surface area contributed by atoms with E-state index in [9.17, 15) is 0 Å². The summed E-state index contributed by atoms with van der Waals surface area (Å²) in [5.41, 5.74) is 0.519. The van der Waals surface area contributed by atoms with Crippen molar-refractivity contribution in [2.75, 3.05) is 0 Å². The van der Waals surface area contributed by atoms with Gasteiger partial charge in [-0.1, -0.05) is 20.8 Å². The third-order valence-electron chi connectivity index (χ3n) is 4.31. The Balaban J connectivity index is 2.39. The smallest absolute Gasteiger partial charge is 0.0518 e. The predicted molar refractivity (Wildman–Crippen MR) is 48.1 cm³/mol. The van der Waals surface area contributed by atoms with Crippen molar-refractivity contribution >= 4 is 0 Å². The molecule has 0 unspecified atom stereocenters. The Morgan fingerprint density at radius 1 is 1.33 bits per heavy atom. The Bertz CT molecular complexity index is 246. The Kier molecular flexibility index (Phi) is 1.35. The van der Waals surface area contributed by atoms with Crippen LogP contribution in [0.15, 0.2) is 0 Å². The van der Waals surface area contributed by atoms with E-state index in [0.717, 1.165) is 5.92 Å². The van der Waals surface area contributed by atoms with Crippen LogP contribution in [0, 0.1) is 22.1 Å². The van der Waals surface area contributed by atoms with Crippen molar-refractivity contribution in [2.45, 2.75) is 46.1 Å². The van der Waals surface area contributed by atoms with Crippen LogP contribution in [0.4, 0.5) is 0 Å². The molecule has 0 N–H and O–H groups in total. The number of rotatable bonds is 0. The first-order valence-electron chi connectivity index (χ1n) is 4.85. The maximum atomic E-state index is 9.01. The SMILES string of the molecule is CC1(C)[C@H]2CC[C@](C)(C2)[C@@H]1[N+]#N. The third-order valence-corrected chi connectivity index (χ3v) is 4.31. The molecule has 0 aromatic carbocycles. The van der Waals surface area contributed by atoms with Gasteiger partial charge in [0.25, 0.3) is 0 Å². The van der Waals surface area contributed by atoms with Crippen LogP contribution in [0.3, 0.4) is 0 Å². The normalized spacial score (nSPS) is 49.2. The van der Waals surface area contributed by atoms with Gasteiger partial charge in [-0.05, 0) is 25.2 Å². The molecule has 2 saturated carbocycles. The van der Waals surface area contributed by atoms with E-state index in [2.05, 4.69) is 25.7 Å². The highest BCUT2D eigenvalue weighted by Crippen LogP contribution is 2.63. The first-order chi connectivity index (χ1) is 5.50. The third kappa shape index (κ3) is 0.722. The molecule has 2 fully saturated rings. The molecule has 2 nitrogen and oxygen atoms in total. The molecule has 0 aliphatic heterocycles. The highest BCUT2D eigenvalue weighted by molar-refractivity contribution is 5.15. The number of fused-ring (bicyclic) bond motifs is 2. The summed E-state index contributed by atoms with van der Waals surface area (Å²) < 4.78 is 0. The average molecular weight is 165 g/mol. The van der Waals surface area contributed by atoms with Gasteiger partial charge < -0.3 is 0 Å². The second kappa shape index (κ2) is 2.02. The monoisotopic (exact) mass is 165 g/mol. The lowest BCUT2D eigenvalue weighted by molar-refractivity contribution is 0.165. The molecule has 2 aliphatic rings. The zero-order valence-corrected chi connectivity index (χ0v) is 8.17. The molecule has 3 atom stereocenters. The molecular formula is C10H17N2+. The minimum absolute atomic E-state index is 0.170. The second-order valence-electron chi connectivity index (χ2n) is 5.43. The first-order valence-corrected chi connectivity index (χ1v) is 4.85. The fraction of sp³-hybridized carbons (Fsp3) is 1.00. The van der Waals surface area contributed by atoms with Crippen LogP contribution in [0.5, 0.6) is 0 Å². The minimum Gasteiger partial charge on any atom is -0.0518 e. The van der Waals surface area contributed by atoms with Crippen molar-refractivity contribution in [3.05, 3.63) is 4.98 Å². The standard InChI is InChI=1S/C10H17N2/c1-9(2)7-4-5-10(3,6-7)8(9)12-11/h7-8H,4-6H2,1-3H3/q+1/t7-,8+,10+/m0/s1. The topological polar surface area (TPSA) is 28.1 Å². The summed E-state index contributed by atoms with van der Waals surface area (Å²) in [6.45, 7) is 6.76. The Labute approximate surface area is 74.0 Å². The van der Waals surface area contributed by atoms with Gasteiger partial charge in [-0.15, -0.1) is 0 Å². The molecule has 2 bridgehead atoms. The van der Waals surface area contributed by atoms with E-state index in [1.807, 2.05) is 0 Å². The highest BCUT2D eigenvalue weighted by Gasteiger charge is 2.67. The van der Waals surface area contributed by atoms with E-state index in [0.29, 0.717) is 5.41 Å². The van der Waals surface area contributed by atoms with Crippen LogP contribution in [-0.2, 0) is 0 Å². The van der Waals surface area contributed by atoms with Gasteiger partial charge in [-0.3, -0.25) is 0 Å². The van der Waals surface area contributed by atoms with Crippen molar-refractivity contribution in [1.82, 2.24) is 0 Å². The van der Waals surface area contributed by atoms with Gasteiger partial charge in [0.05, 0.1) is 10.8 Å². The highest BCUT2D eigenvalue weighted by atomic mass is 15.0. The van der Waals surface area contributed by atoms with E-state index >= 15 is 0 Å². The average Bonchev–Trinajstić information content (AvgIpc) is 2.39. The number of hydrogen-bond acceptors (Lipinski definition) is 1. The van der Waals surface area contributed by atoms with Crippen molar-refractivity contribution < 1.29 is 0 Å². The van der Waals surface area contributed by atoms with Gasteiger partial charge in [0.2, 0.25) is 5.39 Å². The van der Waals surface area contributed by atoms with Crippen LogP contribution >= 0.6 is 0 Å². The van der Waals surface area contributed by atoms with Gasteiger partial charge in [-0.25, -0.2) is 0 Å². The van der Waals surface area contributed by atoms with Crippen LogP contribution in [0.1, 0.15) is 40.0 Å². The van der Waals surface area contributed by atoms with Gasteiger partial charge in [0.1, 0.15) is 4.98 Å². The quantitative estimate of drug-likeness (QED) is 0.507. The molecule has 0 radical (unpaired) electrons. The second-order valence-corrected chi connectivity index (χ2v) is 5.43. The van der Waals surface area contributed by atoms with Crippen molar-refractivity contribution in [3.8, 4) is 0 Å². The summed E-state index contributed by atoms with van der Waals surface area (Å²) in [5, 5.41) is 9.01. The zero-order valence-electron chi connectivity index (χ0n) is 8.17. The number of nitrogens with zero attached hydrogens (tertiary/aromatic N) is 2. The molecule has 2 rings (SSSR count). The van der Waals surface area contributed by atoms with E-state index in [-0.39, 0.29) is 11.5 Å². The first kappa shape index (κ1) is 8.04. The molecule has 0 saturated heterocycles. The molecule has 12 heavy (non-hydrogen) atoms. The van der Waals surface area contributed by atoms with Crippen LogP contribution in [-0.4, -0.2) is 6.04 Å². The summed E-state index contributed by atoms with van der Waals surface area (Å²) in [5.74, 6) is 0.781.